The van der Waals surface area contributed by atoms with Crippen LogP contribution in [0.4, 0.5) is 5.82 Å². The van der Waals surface area contributed by atoms with Crippen molar-refractivity contribution in [3.8, 4) is 0 Å². The molecule has 0 aromatic carbocycles. The number of amides is 2. The number of anilines is 1. The molecule has 24 heavy (non-hydrogen) atoms. The highest BCUT2D eigenvalue weighted by molar-refractivity contribution is 5.94. The van der Waals surface area contributed by atoms with Crippen molar-refractivity contribution in [1.82, 2.24) is 10.1 Å². The Labute approximate surface area is 143 Å². The maximum Gasteiger partial charge on any atom is 0.245 e. The number of methoxy groups -OCH3 is 1. The molecule has 136 valence electrons. The number of unbranched alkanes of at least 4 members (excludes halogenated alkanes) is 1. The third kappa shape index (κ3) is 6.70. The van der Waals surface area contributed by atoms with Crippen molar-refractivity contribution in [2.75, 3.05) is 32.1 Å². The molecule has 1 rings (SSSR count). The molecule has 0 aliphatic rings. The molecule has 2 amide bonds. The molecule has 1 heterocycles. The zero-order valence-electron chi connectivity index (χ0n) is 15.1. The normalized spacial score (nSPS) is 12.0. The first-order valence-electron chi connectivity index (χ1n) is 8.52. The van der Waals surface area contributed by atoms with Gasteiger partial charge in [-0.15, -0.1) is 0 Å². The van der Waals surface area contributed by atoms with E-state index in [1.807, 2.05) is 6.92 Å². The van der Waals surface area contributed by atoms with Gasteiger partial charge in [-0.2, -0.15) is 0 Å². The van der Waals surface area contributed by atoms with Gasteiger partial charge in [0.05, 0.1) is 13.2 Å². The molecule has 0 radical (unpaired) electrons. The second-order valence-corrected chi connectivity index (χ2v) is 5.87. The number of nitrogens with one attached hydrogen (secondary N) is 1. The number of aryl methyl sites for hydroxylation is 1. The molecule has 7 heteroatoms. The van der Waals surface area contributed by atoms with Gasteiger partial charge in [-0.3, -0.25) is 9.59 Å². The SMILES string of the molecule is CCCCC(CC)C(=O)N(CCOC)CC(=O)Nc1cc(C)on1. The van der Waals surface area contributed by atoms with Gasteiger partial charge in [0.2, 0.25) is 11.8 Å². The zero-order valence-corrected chi connectivity index (χ0v) is 15.1. The Bertz CT molecular complexity index is 516. The van der Waals surface area contributed by atoms with Gasteiger partial charge in [-0.25, -0.2) is 0 Å². The minimum atomic E-state index is -0.293. The molecule has 1 aromatic rings. The van der Waals surface area contributed by atoms with E-state index in [4.69, 9.17) is 9.26 Å². The molecule has 7 nitrogen and oxygen atoms in total. The summed E-state index contributed by atoms with van der Waals surface area (Å²) in [6.07, 6.45) is 3.67. The molecule has 0 spiro atoms. The van der Waals surface area contributed by atoms with E-state index in [1.165, 1.54) is 0 Å². The first-order chi connectivity index (χ1) is 11.5. The molecule has 1 unspecified atom stereocenters. The minimum absolute atomic E-state index is 0.00878. The topological polar surface area (TPSA) is 84.7 Å². The smallest absolute Gasteiger partial charge is 0.245 e. The van der Waals surface area contributed by atoms with Crippen molar-refractivity contribution < 1.29 is 18.8 Å². The van der Waals surface area contributed by atoms with Gasteiger partial charge in [-0.05, 0) is 19.8 Å². The lowest BCUT2D eigenvalue weighted by molar-refractivity contribution is -0.139. The Kier molecular flexibility index (Phi) is 9.07. The molecule has 1 aromatic heterocycles. The van der Waals surface area contributed by atoms with Crippen LogP contribution >= 0.6 is 0 Å². The fourth-order valence-corrected chi connectivity index (χ4v) is 2.46. The summed E-state index contributed by atoms with van der Waals surface area (Å²) in [7, 11) is 1.58. The van der Waals surface area contributed by atoms with Crippen LogP contribution in [0.3, 0.4) is 0 Å². The van der Waals surface area contributed by atoms with E-state index in [1.54, 1.807) is 25.0 Å². The molecule has 1 atom stereocenters. The van der Waals surface area contributed by atoms with Crippen LogP contribution in [0.1, 0.15) is 45.3 Å². The molecule has 0 saturated carbocycles. The highest BCUT2D eigenvalue weighted by Gasteiger charge is 2.24. The third-order valence-corrected chi connectivity index (χ3v) is 3.86. The summed E-state index contributed by atoms with van der Waals surface area (Å²) in [5.41, 5.74) is 0. The number of carbonyl (C=O) groups is 2. The van der Waals surface area contributed by atoms with Crippen LogP contribution in [0.2, 0.25) is 0 Å². The Balaban J connectivity index is 2.68. The predicted octanol–water partition coefficient (Wildman–Crippen LogP) is 2.61. The number of rotatable bonds is 11. The molecule has 0 aliphatic heterocycles. The molecule has 1 N–H and O–H groups in total. The summed E-state index contributed by atoms with van der Waals surface area (Å²) in [4.78, 5) is 26.5. The van der Waals surface area contributed by atoms with Gasteiger partial charge in [0.15, 0.2) is 5.82 Å². The van der Waals surface area contributed by atoms with Crippen LogP contribution in [0, 0.1) is 12.8 Å². The Morgan fingerprint density at radius 2 is 2.17 bits per heavy atom. The van der Waals surface area contributed by atoms with Crippen molar-refractivity contribution in [3.05, 3.63) is 11.8 Å². The number of carbonyl (C=O) groups excluding carboxylic acids is 2. The third-order valence-electron chi connectivity index (χ3n) is 3.86. The van der Waals surface area contributed by atoms with Gasteiger partial charge < -0.3 is 19.5 Å². The number of ether oxygens (including phenoxy) is 1. The highest BCUT2D eigenvalue weighted by atomic mass is 16.5. The zero-order chi connectivity index (χ0) is 17.9. The predicted molar refractivity (Wildman–Crippen MR) is 91.6 cm³/mol. The van der Waals surface area contributed by atoms with Crippen molar-refractivity contribution in [2.24, 2.45) is 5.92 Å². The van der Waals surface area contributed by atoms with E-state index in [0.29, 0.717) is 24.7 Å². The molecule has 0 saturated heterocycles. The van der Waals surface area contributed by atoms with E-state index in [2.05, 4.69) is 17.4 Å². The van der Waals surface area contributed by atoms with Crippen LogP contribution < -0.4 is 5.32 Å². The maximum atomic E-state index is 12.7. The molecule has 0 aliphatic carbocycles. The van der Waals surface area contributed by atoms with E-state index >= 15 is 0 Å². The van der Waals surface area contributed by atoms with Crippen LogP contribution in [-0.4, -0.2) is 48.7 Å². The molecular formula is C17H29N3O4. The van der Waals surface area contributed by atoms with Gasteiger partial charge in [0.1, 0.15) is 5.76 Å². The van der Waals surface area contributed by atoms with E-state index in [9.17, 15) is 9.59 Å². The second-order valence-electron chi connectivity index (χ2n) is 5.87. The highest BCUT2D eigenvalue weighted by Crippen LogP contribution is 2.16. The van der Waals surface area contributed by atoms with Crippen molar-refractivity contribution in [2.45, 2.75) is 46.5 Å². The average molecular weight is 339 g/mol. The van der Waals surface area contributed by atoms with Crippen molar-refractivity contribution in [3.63, 3.8) is 0 Å². The first kappa shape index (κ1) is 20.2. The summed E-state index contributed by atoms with van der Waals surface area (Å²) in [5, 5.41) is 6.37. The van der Waals surface area contributed by atoms with Gasteiger partial charge in [0, 0.05) is 25.6 Å². The quantitative estimate of drug-likeness (QED) is 0.670. The van der Waals surface area contributed by atoms with E-state index in [0.717, 1.165) is 25.7 Å². The Hall–Kier alpha value is -1.89. The number of nitrogens with zero attached hydrogens (tertiary/aromatic N) is 2. The molecule has 0 fully saturated rings. The summed E-state index contributed by atoms with van der Waals surface area (Å²) in [5.74, 6) is 0.634. The monoisotopic (exact) mass is 339 g/mol. The number of hydrogen-bond acceptors (Lipinski definition) is 5. The summed E-state index contributed by atoms with van der Waals surface area (Å²) in [6.45, 7) is 6.63. The maximum absolute atomic E-state index is 12.7. The van der Waals surface area contributed by atoms with Crippen LogP contribution in [0.5, 0.6) is 0 Å². The minimum Gasteiger partial charge on any atom is -0.383 e. The fourth-order valence-electron chi connectivity index (χ4n) is 2.46. The lowest BCUT2D eigenvalue weighted by Crippen LogP contribution is -2.43. The van der Waals surface area contributed by atoms with Crippen LogP contribution in [-0.2, 0) is 14.3 Å². The van der Waals surface area contributed by atoms with E-state index in [-0.39, 0.29) is 24.3 Å². The molecule has 0 bridgehead atoms. The standard InChI is InChI=1S/C17H29N3O4/c1-5-7-8-14(6-2)17(22)20(9-10-23-4)12-16(21)18-15-11-13(3)24-19-15/h11,14H,5-10,12H2,1-4H3,(H,18,19,21). The lowest BCUT2D eigenvalue weighted by Gasteiger charge is -2.26. The number of hydrogen-bond donors (Lipinski definition) is 1. The van der Waals surface area contributed by atoms with E-state index < -0.39 is 0 Å². The Morgan fingerprint density at radius 3 is 2.71 bits per heavy atom. The van der Waals surface area contributed by atoms with Gasteiger partial charge in [0.25, 0.3) is 0 Å². The van der Waals surface area contributed by atoms with Crippen molar-refractivity contribution in [1.29, 1.82) is 0 Å². The van der Waals surface area contributed by atoms with Crippen molar-refractivity contribution >= 4 is 17.6 Å². The average Bonchev–Trinajstić information content (AvgIpc) is 2.96. The van der Waals surface area contributed by atoms with Crippen LogP contribution in [0.25, 0.3) is 0 Å². The van der Waals surface area contributed by atoms with Gasteiger partial charge in [-0.1, -0.05) is 31.8 Å². The summed E-state index contributed by atoms with van der Waals surface area (Å²) < 4.78 is 9.98. The van der Waals surface area contributed by atoms with Crippen LogP contribution in [0.15, 0.2) is 10.6 Å². The Morgan fingerprint density at radius 1 is 1.42 bits per heavy atom. The summed E-state index contributed by atoms with van der Waals surface area (Å²) in [6, 6.07) is 1.63. The number of aromatic nitrogens is 1. The summed E-state index contributed by atoms with van der Waals surface area (Å²) >= 11 is 0. The fraction of sp³-hybridized carbons (Fsp3) is 0.706. The lowest BCUT2D eigenvalue weighted by atomic mass is 9.97. The molecular weight excluding hydrogens is 310 g/mol. The second kappa shape index (κ2) is 10.8. The first-order valence-corrected chi connectivity index (χ1v) is 8.52. The van der Waals surface area contributed by atoms with Gasteiger partial charge >= 0.3 is 0 Å². The largest absolute Gasteiger partial charge is 0.383 e.